The molecule has 0 amide bonds. The van der Waals surface area contributed by atoms with Crippen LogP contribution in [-0.2, 0) is 4.74 Å². The Morgan fingerprint density at radius 2 is 1.12 bits per heavy atom. The van der Waals surface area contributed by atoms with Crippen molar-refractivity contribution < 1.29 is 39.9 Å². The van der Waals surface area contributed by atoms with Crippen LogP contribution in [0.5, 0.6) is 0 Å². The maximum atomic E-state index is 13.2. The van der Waals surface area contributed by atoms with Gasteiger partial charge in [-0.05, 0) is 31.9 Å². The molecule has 0 aromatic rings. The Morgan fingerprint density at radius 1 is 0.812 bits per heavy atom. The van der Waals surface area contributed by atoms with E-state index in [0.717, 1.165) is 0 Å². The van der Waals surface area contributed by atoms with Crippen molar-refractivity contribution in [2.45, 2.75) is 27.3 Å². The first-order valence-electron chi connectivity index (χ1n) is 3.30. The number of hydrogen-bond acceptors (Lipinski definition) is 1. The highest BCUT2D eigenvalue weighted by atomic mass is 79.9. The van der Waals surface area contributed by atoms with Crippen molar-refractivity contribution in [3.63, 3.8) is 0 Å². The summed E-state index contributed by atoms with van der Waals surface area (Å²) in [6, 6.07) is 0. The van der Waals surface area contributed by atoms with Gasteiger partial charge in [0.05, 0.1) is 0 Å². The molecule has 0 aliphatic carbocycles. The second-order valence-corrected chi connectivity index (χ2v) is 4.98. The van der Waals surface area contributed by atoms with Crippen LogP contribution in [0.4, 0.5) is 35.1 Å². The van der Waals surface area contributed by atoms with E-state index in [0.29, 0.717) is 0 Å². The topological polar surface area (TPSA) is 9.23 Å². The summed E-state index contributed by atoms with van der Waals surface area (Å²) in [5.41, 5.74) is -5.24. The minimum atomic E-state index is -6.17. The Kier molecular flexibility index (Phi) is 2.90. The molecule has 0 radical (unpaired) electrons. The van der Waals surface area contributed by atoms with Gasteiger partial charge in [0.1, 0.15) is 0 Å². The van der Waals surface area contributed by atoms with E-state index in [2.05, 4.69) is 4.74 Å². The fourth-order valence-electron chi connectivity index (χ4n) is 1.11. The molecule has 2 atom stereocenters. The van der Waals surface area contributed by atoms with Gasteiger partial charge in [0.25, 0.3) is 4.58 Å². The van der Waals surface area contributed by atoms with Crippen molar-refractivity contribution in [1.82, 2.24) is 0 Å². The molecule has 16 heavy (non-hydrogen) atoms. The molecule has 0 bridgehead atoms. The first-order valence-corrected chi connectivity index (χ1v) is 4.88. The van der Waals surface area contributed by atoms with Crippen molar-refractivity contribution >= 4 is 31.9 Å². The molecule has 2 unspecified atom stereocenters. The molecule has 1 aliphatic heterocycles. The maximum absolute atomic E-state index is 13.2. The quantitative estimate of drug-likeness (QED) is 0.451. The highest BCUT2D eigenvalue weighted by molar-refractivity contribution is 9.12. The highest BCUT2D eigenvalue weighted by Crippen LogP contribution is 2.70. The molecule has 1 rings (SSSR count). The lowest BCUT2D eigenvalue weighted by Crippen LogP contribution is -2.83. The van der Waals surface area contributed by atoms with Crippen LogP contribution in [0.3, 0.4) is 0 Å². The number of rotatable bonds is 0. The summed E-state index contributed by atoms with van der Waals surface area (Å²) >= 11 is 3.06. The van der Waals surface area contributed by atoms with E-state index >= 15 is 0 Å². The maximum Gasteiger partial charge on any atom is 0.431 e. The standard InChI is InChI=1S/C5Br2F8O/c6-2(8)1(4(10,11)12,5(13,14)15)16-3(2,7)9. The average molecular weight is 388 g/mol. The molecular weight excluding hydrogens is 388 g/mol. The summed E-state index contributed by atoms with van der Waals surface area (Å²) in [5, 5.41) is 0. The summed E-state index contributed by atoms with van der Waals surface area (Å²) in [6.45, 7) is 0. The molecule has 1 fully saturated rings. The summed E-state index contributed by atoms with van der Waals surface area (Å²) < 4.78 is 93.8. The van der Waals surface area contributed by atoms with E-state index in [4.69, 9.17) is 0 Å². The van der Waals surface area contributed by atoms with E-state index < -0.39 is 27.3 Å². The van der Waals surface area contributed by atoms with Crippen molar-refractivity contribution in [1.29, 1.82) is 0 Å². The third-order valence-electron chi connectivity index (χ3n) is 1.89. The second kappa shape index (κ2) is 3.22. The van der Waals surface area contributed by atoms with Crippen LogP contribution < -0.4 is 0 Å². The van der Waals surface area contributed by atoms with Crippen LogP contribution in [0.15, 0.2) is 0 Å². The second-order valence-electron chi connectivity index (χ2n) is 2.87. The largest absolute Gasteiger partial charge is 0.431 e. The number of ether oxygens (including phenoxy) is 1. The normalized spacial score (nSPS) is 39.4. The van der Waals surface area contributed by atoms with Crippen molar-refractivity contribution in [3.8, 4) is 0 Å². The highest BCUT2D eigenvalue weighted by Gasteiger charge is 2.96. The Morgan fingerprint density at radius 3 is 1.19 bits per heavy atom. The van der Waals surface area contributed by atoms with Crippen LogP contribution in [0.2, 0.25) is 0 Å². The Hall–Kier alpha value is 0.360. The summed E-state index contributed by atoms with van der Waals surface area (Å²) in [4.78, 5) is 0. The van der Waals surface area contributed by atoms with Gasteiger partial charge in [0, 0.05) is 0 Å². The zero-order valence-electron chi connectivity index (χ0n) is 6.69. The van der Waals surface area contributed by atoms with E-state index in [1.54, 1.807) is 15.9 Å². The monoisotopic (exact) mass is 386 g/mol. The predicted molar refractivity (Wildman–Crippen MR) is 41.5 cm³/mol. The van der Waals surface area contributed by atoms with Crippen LogP contribution in [0.25, 0.3) is 0 Å². The Bertz CT molecular complexity index is 291. The van der Waals surface area contributed by atoms with Crippen molar-refractivity contribution in [3.05, 3.63) is 0 Å². The summed E-state index contributed by atoms with van der Waals surface area (Å²) in [6.07, 6.45) is -12.3. The van der Waals surface area contributed by atoms with E-state index in [1.165, 1.54) is 15.9 Å². The number of alkyl halides is 10. The lowest BCUT2D eigenvalue weighted by molar-refractivity contribution is -0.496. The van der Waals surface area contributed by atoms with Gasteiger partial charge in [-0.1, -0.05) is 0 Å². The van der Waals surface area contributed by atoms with Gasteiger partial charge >= 0.3 is 22.7 Å². The van der Waals surface area contributed by atoms with Crippen LogP contribution in [0, 0.1) is 0 Å². The minimum Gasteiger partial charge on any atom is -0.305 e. The molecule has 11 heteroatoms. The molecule has 0 spiro atoms. The zero-order chi connectivity index (χ0) is 13.2. The molecule has 1 saturated heterocycles. The minimum absolute atomic E-state index is 1.43. The van der Waals surface area contributed by atoms with Gasteiger partial charge in [0.15, 0.2) is 0 Å². The molecule has 1 heterocycles. The van der Waals surface area contributed by atoms with E-state index in [9.17, 15) is 35.1 Å². The van der Waals surface area contributed by atoms with Gasteiger partial charge in [-0.15, -0.1) is 0 Å². The number of halogens is 10. The molecule has 0 saturated carbocycles. The van der Waals surface area contributed by atoms with Crippen molar-refractivity contribution in [2.24, 2.45) is 0 Å². The lowest BCUT2D eigenvalue weighted by Gasteiger charge is -2.56. The van der Waals surface area contributed by atoms with Crippen molar-refractivity contribution in [2.75, 3.05) is 0 Å². The molecule has 96 valence electrons. The van der Waals surface area contributed by atoms with Gasteiger partial charge in [0.2, 0.25) is 0 Å². The Labute approximate surface area is 99.4 Å². The third-order valence-corrected chi connectivity index (χ3v) is 4.20. The zero-order valence-corrected chi connectivity index (χ0v) is 9.86. The summed E-state index contributed by atoms with van der Waals surface area (Å²) in [5.74, 6) is 0. The molecule has 1 aliphatic rings. The number of hydrogen-bond donors (Lipinski definition) is 0. The lowest BCUT2D eigenvalue weighted by atomic mass is 9.89. The molecule has 1 nitrogen and oxygen atoms in total. The molecule has 0 N–H and O–H groups in total. The van der Waals surface area contributed by atoms with E-state index in [-0.39, 0.29) is 0 Å². The van der Waals surface area contributed by atoms with Crippen LogP contribution >= 0.6 is 31.9 Å². The fourth-order valence-corrected chi connectivity index (χ4v) is 2.24. The van der Waals surface area contributed by atoms with Crippen LogP contribution in [-0.4, -0.2) is 27.3 Å². The van der Waals surface area contributed by atoms with Crippen LogP contribution in [0.1, 0.15) is 0 Å². The first-order chi connectivity index (χ1) is 6.71. The fraction of sp³-hybridized carbons (Fsp3) is 1.00. The molecule has 0 aromatic heterocycles. The smallest absolute Gasteiger partial charge is 0.305 e. The van der Waals surface area contributed by atoms with Gasteiger partial charge in [-0.2, -0.15) is 30.7 Å². The molecule has 0 aromatic carbocycles. The van der Waals surface area contributed by atoms with Gasteiger partial charge in [-0.3, -0.25) is 0 Å². The van der Waals surface area contributed by atoms with Gasteiger partial charge in [-0.25, -0.2) is 4.39 Å². The average Bonchev–Trinajstić information content (AvgIpc) is 1.94. The molecular formula is C5Br2F8O. The Balaban J connectivity index is 3.35. The van der Waals surface area contributed by atoms with Gasteiger partial charge < -0.3 is 4.74 Å². The first kappa shape index (κ1) is 14.4. The third kappa shape index (κ3) is 1.43. The SMILES string of the molecule is FC(F)(F)C1(C(F)(F)F)OC(F)(Br)C1(F)Br. The summed E-state index contributed by atoms with van der Waals surface area (Å²) in [7, 11) is 0. The predicted octanol–water partition coefficient (Wildman–Crippen LogP) is 3.96. The van der Waals surface area contributed by atoms with E-state index in [1.807, 2.05) is 0 Å².